The number of nitrogen functional groups attached to an aromatic ring is 1. The third-order valence-electron chi connectivity index (χ3n) is 3.68. The number of aliphatic hydroxyl groups is 1. The molecular weight excluding hydrogens is 226 g/mol. The van der Waals surface area contributed by atoms with Crippen LogP contribution in [0.3, 0.4) is 0 Å². The Hall–Kier alpha value is -1.73. The highest BCUT2D eigenvalue weighted by atomic mass is 16.3. The van der Waals surface area contributed by atoms with Crippen LogP contribution in [0.2, 0.25) is 0 Å². The summed E-state index contributed by atoms with van der Waals surface area (Å²) in [5, 5.41) is 18.7. The topological polar surface area (TPSA) is 73.3 Å². The van der Waals surface area contributed by atoms with Gasteiger partial charge in [-0.1, -0.05) is 6.92 Å². The fraction of sp³-hybridized carbons (Fsp3) is 0.500. The minimum absolute atomic E-state index is 0.282. The Labute approximate surface area is 108 Å². The Morgan fingerprint density at radius 1 is 1.56 bits per heavy atom. The van der Waals surface area contributed by atoms with Crippen molar-refractivity contribution in [1.29, 1.82) is 5.26 Å². The van der Waals surface area contributed by atoms with Crippen LogP contribution in [0.4, 0.5) is 11.4 Å². The van der Waals surface area contributed by atoms with Crippen LogP contribution < -0.4 is 10.6 Å². The van der Waals surface area contributed by atoms with E-state index in [1.54, 1.807) is 0 Å². The maximum atomic E-state index is 9.92. The van der Waals surface area contributed by atoms with E-state index in [0.717, 1.165) is 24.2 Å². The molecular formula is C14H19N3O. The first-order valence-electron chi connectivity index (χ1n) is 6.30. The summed E-state index contributed by atoms with van der Waals surface area (Å²) in [5.74, 6) is 0.355. The summed E-state index contributed by atoms with van der Waals surface area (Å²) in [7, 11) is 0. The van der Waals surface area contributed by atoms with E-state index in [1.807, 2.05) is 18.2 Å². The number of benzene rings is 1. The lowest BCUT2D eigenvalue weighted by atomic mass is 9.95. The normalized spacial score (nSPS) is 23.7. The summed E-state index contributed by atoms with van der Waals surface area (Å²) in [5.41, 5.74) is 8.40. The summed E-state index contributed by atoms with van der Waals surface area (Å²) in [6, 6.07) is 7.88. The quantitative estimate of drug-likeness (QED) is 0.775. The Morgan fingerprint density at radius 2 is 2.33 bits per heavy atom. The Kier molecular flexibility index (Phi) is 3.73. The Morgan fingerprint density at radius 3 is 3.00 bits per heavy atom. The fourth-order valence-electron chi connectivity index (χ4n) is 2.31. The number of nitriles is 1. The zero-order valence-corrected chi connectivity index (χ0v) is 10.6. The molecule has 0 aromatic heterocycles. The van der Waals surface area contributed by atoms with E-state index in [2.05, 4.69) is 17.9 Å². The third-order valence-corrected chi connectivity index (χ3v) is 3.68. The van der Waals surface area contributed by atoms with Gasteiger partial charge < -0.3 is 15.7 Å². The van der Waals surface area contributed by atoms with Crippen molar-refractivity contribution in [1.82, 2.24) is 0 Å². The summed E-state index contributed by atoms with van der Waals surface area (Å²) in [6.07, 6.45) is 1.03. The second kappa shape index (κ2) is 5.28. The van der Waals surface area contributed by atoms with Crippen LogP contribution in [0.1, 0.15) is 18.9 Å². The maximum absolute atomic E-state index is 9.92. The molecule has 0 spiro atoms. The highest BCUT2D eigenvalue weighted by Crippen LogP contribution is 2.26. The molecule has 1 heterocycles. The lowest BCUT2D eigenvalue weighted by Gasteiger charge is -2.36. The molecule has 0 saturated carbocycles. The van der Waals surface area contributed by atoms with Gasteiger partial charge in [0.25, 0.3) is 0 Å². The van der Waals surface area contributed by atoms with Gasteiger partial charge in [0, 0.05) is 24.5 Å². The predicted molar refractivity (Wildman–Crippen MR) is 72.2 cm³/mol. The van der Waals surface area contributed by atoms with Crippen LogP contribution in [0.25, 0.3) is 0 Å². The molecule has 2 rings (SSSR count). The van der Waals surface area contributed by atoms with Crippen LogP contribution in [0.15, 0.2) is 18.2 Å². The number of piperidine rings is 1. The molecule has 1 aromatic carbocycles. The molecule has 0 amide bonds. The van der Waals surface area contributed by atoms with E-state index in [0.29, 0.717) is 24.6 Å². The third kappa shape index (κ3) is 2.57. The molecule has 1 aromatic rings. The smallest absolute Gasteiger partial charge is 0.0741 e. The summed E-state index contributed by atoms with van der Waals surface area (Å²) in [4.78, 5) is 2.16. The Bertz CT molecular complexity index is 467. The van der Waals surface area contributed by atoms with Gasteiger partial charge in [-0.3, -0.25) is 0 Å². The molecule has 3 N–H and O–H groups in total. The summed E-state index contributed by atoms with van der Waals surface area (Å²) < 4.78 is 0. The first kappa shape index (κ1) is 12.7. The van der Waals surface area contributed by atoms with Gasteiger partial charge >= 0.3 is 0 Å². The van der Waals surface area contributed by atoms with Crippen molar-refractivity contribution in [3.63, 3.8) is 0 Å². The zero-order chi connectivity index (χ0) is 13.1. The number of anilines is 2. The van der Waals surface area contributed by atoms with Crippen molar-refractivity contribution in [2.75, 3.05) is 23.7 Å². The number of β-amino-alcohol motifs (C(OH)–C–C–N with tert-alkyl or cyclic N) is 1. The largest absolute Gasteiger partial charge is 0.398 e. The standard InChI is InChI=1S/C14H19N3O/c1-10-5-7-17(9-14(10)18)12-2-3-13(16)11(8-12)4-6-15/h2-3,8,10,14,18H,4-5,7,9,16H2,1H3. The highest BCUT2D eigenvalue weighted by molar-refractivity contribution is 5.59. The van der Waals surface area contributed by atoms with E-state index in [-0.39, 0.29) is 6.10 Å². The van der Waals surface area contributed by atoms with E-state index in [4.69, 9.17) is 11.0 Å². The van der Waals surface area contributed by atoms with Crippen molar-refractivity contribution in [2.24, 2.45) is 5.92 Å². The molecule has 0 aliphatic carbocycles. The molecule has 96 valence electrons. The van der Waals surface area contributed by atoms with Crippen molar-refractivity contribution in [2.45, 2.75) is 25.9 Å². The van der Waals surface area contributed by atoms with E-state index < -0.39 is 0 Å². The summed E-state index contributed by atoms with van der Waals surface area (Å²) in [6.45, 7) is 3.66. The second-order valence-corrected chi connectivity index (χ2v) is 5.00. The van der Waals surface area contributed by atoms with Gasteiger partial charge in [-0.15, -0.1) is 0 Å². The minimum atomic E-state index is -0.282. The molecule has 1 saturated heterocycles. The van der Waals surface area contributed by atoms with E-state index >= 15 is 0 Å². The summed E-state index contributed by atoms with van der Waals surface area (Å²) >= 11 is 0. The highest BCUT2D eigenvalue weighted by Gasteiger charge is 2.24. The minimum Gasteiger partial charge on any atom is -0.398 e. The second-order valence-electron chi connectivity index (χ2n) is 5.00. The van der Waals surface area contributed by atoms with Crippen LogP contribution in [-0.4, -0.2) is 24.3 Å². The molecule has 4 nitrogen and oxygen atoms in total. The van der Waals surface area contributed by atoms with Crippen LogP contribution in [0.5, 0.6) is 0 Å². The average Bonchev–Trinajstić information content (AvgIpc) is 2.36. The van der Waals surface area contributed by atoms with Gasteiger partial charge in [0.15, 0.2) is 0 Å². The zero-order valence-electron chi connectivity index (χ0n) is 10.6. The van der Waals surface area contributed by atoms with Crippen molar-refractivity contribution >= 4 is 11.4 Å². The van der Waals surface area contributed by atoms with Crippen LogP contribution in [0, 0.1) is 17.2 Å². The fourth-order valence-corrected chi connectivity index (χ4v) is 2.31. The first-order valence-corrected chi connectivity index (χ1v) is 6.30. The molecule has 1 aliphatic heterocycles. The van der Waals surface area contributed by atoms with Gasteiger partial charge in [0.1, 0.15) is 0 Å². The lowest BCUT2D eigenvalue weighted by Crippen LogP contribution is -2.42. The molecule has 4 heteroatoms. The van der Waals surface area contributed by atoms with Gasteiger partial charge in [0.2, 0.25) is 0 Å². The lowest BCUT2D eigenvalue weighted by molar-refractivity contribution is 0.103. The van der Waals surface area contributed by atoms with Gasteiger partial charge in [-0.05, 0) is 36.1 Å². The Balaban J connectivity index is 2.19. The van der Waals surface area contributed by atoms with E-state index in [1.165, 1.54) is 0 Å². The van der Waals surface area contributed by atoms with Gasteiger partial charge in [-0.2, -0.15) is 5.26 Å². The maximum Gasteiger partial charge on any atom is 0.0741 e. The van der Waals surface area contributed by atoms with E-state index in [9.17, 15) is 5.11 Å². The number of nitrogens with zero attached hydrogens (tertiary/aromatic N) is 2. The first-order chi connectivity index (χ1) is 8.61. The molecule has 0 bridgehead atoms. The van der Waals surface area contributed by atoms with Crippen molar-refractivity contribution < 1.29 is 5.11 Å². The number of rotatable bonds is 2. The molecule has 2 unspecified atom stereocenters. The van der Waals surface area contributed by atoms with Gasteiger partial charge in [-0.25, -0.2) is 0 Å². The number of hydrogen-bond acceptors (Lipinski definition) is 4. The monoisotopic (exact) mass is 245 g/mol. The van der Waals surface area contributed by atoms with Crippen molar-refractivity contribution in [3.05, 3.63) is 23.8 Å². The molecule has 0 radical (unpaired) electrons. The average molecular weight is 245 g/mol. The molecule has 1 aliphatic rings. The molecule has 2 atom stereocenters. The number of aliphatic hydroxyl groups excluding tert-OH is 1. The van der Waals surface area contributed by atoms with Crippen LogP contribution >= 0.6 is 0 Å². The van der Waals surface area contributed by atoms with Crippen molar-refractivity contribution in [3.8, 4) is 6.07 Å². The predicted octanol–water partition coefficient (Wildman–Crippen LogP) is 1.54. The molecule has 18 heavy (non-hydrogen) atoms. The SMILES string of the molecule is CC1CCN(c2ccc(N)c(CC#N)c2)CC1O. The molecule has 1 fully saturated rings. The van der Waals surface area contributed by atoms with Crippen LogP contribution in [-0.2, 0) is 6.42 Å². The van der Waals surface area contributed by atoms with Gasteiger partial charge in [0.05, 0.1) is 18.6 Å². The number of nitrogens with two attached hydrogens (primary N) is 1. The number of hydrogen-bond donors (Lipinski definition) is 2.